The van der Waals surface area contributed by atoms with Gasteiger partial charge in [-0.3, -0.25) is 4.79 Å². The Morgan fingerprint density at radius 2 is 2.15 bits per heavy atom. The van der Waals surface area contributed by atoms with Crippen molar-refractivity contribution in [2.75, 3.05) is 0 Å². The molecule has 2 aromatic rings. The van der Waals surface area contributed by atoms with Crippen molar-refractivity contribution in [2.45, 2.75) is 40.2 Å². The van der Waals surface area contributed by atoms with Gasteiger partial charge in [-0.25, -0.2) is 4.98 Å². The summed E-state index contributed by atoms with van der Waals surface area (Å²) in [5.41, 5.74) is 0.263. The van der Waals surface area contributed by atoms with Gasteiger partial charge in [-0.1, -0.05) is 19.0 Å². The molecule has 1 amide bonds. The molecule has 0 fully saturated rings. The van der Waals surface area contributed by atoms with Crippen molar-refractivity contribution in [3.05, 3.63) is 29.6 Å². The van der Waals surface area contributed by atoms with Crippen molar-refractivity contribution in [3.63, 3.8) is 0 Å². The van der Waals surface area contributed by atoms with Gasteiger partial charge in [-0.15, -0.1) is 0 Å². The highest BCUT2D eigenvalue weighted by atomic mass is 16.5. The summed E-state index contributed by atoms with van der Waals surface area (Å²) in [5.74, 6) is 1.63. The molecule has 2 rings (SSSR count). The quantitative estimate of drug-likeness (QED) is 0.899. The van der Waals surface area contributed by atoms with Crippen LogP contribution < -0.4 is 5.32 Å². The summed E-state index contributed by atoms with van der Waals surface area (Å²) >= 11 is 0. The summed E-state index contributed by atoms with van der Waals surface area (Å²) in [6.07, 6.45) is 1.98. The normalized spacial score (nSPS) is 12.7. The van der Waals surface area contributed by atoms with E-state index in [1.54, 1.807) is 13.8 Å². The first-order chi connectivity index (χ1) is 9.47. The molecule has 0 aromatic carbocycles. The van der Waals surface area contributed by atoms with Crippen LogP contribution in [0.1, 0.15) is 54.8 Å². The van der Waals surface area contributed by atoms with E-state index in [1.807, 2.05) is 0 Å². The first kappa shape index (κ1) is 14.2. The van der Waals surface area contributed by atoms with Crippen molar-refractivity contribution in [2.24, 2.45) is 5.92 Å². The topological polar surface area (TPSA) is 94.1 Å². The molecule has 0 radical (unpaired) electrons. The van der Waals surface area contributed by atoms with Crippen molar-refractivity contribution in [1.29, 1.82) is 0 Å². The zero-order chi connectivity index (χ0) is 14.7. The van der Waals surface area contributed by atoms with E-state index in [9.17, 15) is 4.79 Å². The van der Waals surface area contributed by atoms with Gasteiger partial charge in [0.1, 0.15) is 11.8 Å². The molecule has 2 heterocycles. The second-order valence-corrected chi connectivity index (χ2v) is 5.10. The van der Waals surface area contributed by atoms with Crippen molar-refractivity contribution in [1.82, 2.24) is 20.4 Å². The molecular weight excluding hydrogens is 260 g/mol. The number of carbonyl (C=O) groups is 1. The van der Waals surface area contributed by atoms with Crippen molar-refractivity contribution >= 4 is 5.91 Å². The largest absolute Gasteiger partial charge is 0.448 e. The predicted octanol–water partition coefficient (Wildman–Crippen LogP) is 2.06. The van der Waals surface area contributed by atoms with E-state index in [0.29, 0.717) is 23.4 Å². The number of hydrogen-bond donors (Lipinski definition) is 1. The minimum atomic E-state index is -0.382. The van der Waals surface area contributed by atoms with Crippen LogP contribution in [0.2, 0.25) is 0 Å². The van der Waals surface area contributed by atoms with Gasteiger partial charge in [0.05, 0.1) is 0 Å². The maximum absolute atomic E-state index is 12.0. The summed E-state index contributed by atoms with van der Waals surface area (Å²) < 4.78 is 10.2. The Labute approximate surface area is 116 Å². The van der Waals surface area contributed by atoms with E-state index in [2.05, 4.69) is 34.3 Å². The van der Waals surface area contributed by atoms with Crippen LogP contribution in [0.5, 0.6) is 0 Å². The number of nitrogens with one attached hydrogen (secondary N) is 1. The summed E-state index contributed by atoms with van der Waals surface area (Å²) in [6, 6.07) is -0.382. The van der Waals surface area contributed by atoms with Gasteiger partial charge < -0.3 is 14.3 Å². The Hall–Kier alpha value is -2.18. The minimum absolute atomic E-state index is 0.263. The highest BCUT2D eigenvalue weighted by molar-refractivity contribution is 5.93. The molecule has 20 heavy (non-hydrogen) atoms. The molecule has 0 spiro atoms. The van der Waals surface area contributed by atoms with Gasteiger partial charge in [-0.05, 0) is 19.8 Å². The fourth-order valence-electron chi connectivity index (χ4n) is 1.74. The van der Waals surface area contributed by atoms with Crippen LogP contribution in [0.4, 0.5) is 0 Å². The number of aromatic nitrogens is 3. The predicted molar refractivity (Wildman–Crippen MR) is 70.0 cm³/mol. The molecule has 1 atom stereocenters. The van der Waals surface area contributed by atoms with Crippen LogP contribution in [0.25, 0.3) is 0 Å². The Balaban J connectivity index is 2.01. The number of amides is 1. The van der Waals surface area contributed by atoms with Crippen LogP contribution in [0.3, 0.4) is 0 Å². The molecule has 0 saturated carbocycles. The lowest BCUT2D eigenvalue weighted by Crippen LogP contribution is -2.27. The maximum Gasteiger partial charge on any atom is 0.274 e. The van der Waals surface area contributed by atoms with E-state index < -0.39 is 0 Å². The molecule has 108 valence electrons. The Bertz CT molecular complexity index is 588. The lowest BCUT2D eigenvalue weighted by atomic mass is 10.1. The van der Waals surface area contributed by atoms with Gasteiger partial charge in [0.15, 0.2) is 17.9 Å². The number of nitrogens with zero attached hydrogens (tertiary/aromatic N) is 3. The van der Waals surface area contributed by atoms with Crippen molar-refractivity contribution < 1.29 is 13.7 Å². The van der Waals surface area contributed by atoms with E-state index in [0.717, 1.165) is 6.42 Å². The Morgan fingerprint density at radius 1 is 1.40 bits per heavy atom. The van der Waals surface area contributed by atoms with E-state index in [1.165, 1.54) is 6.39 Å². The molecule has 1 N–H and O–H groups in total. The summed E-state index contributed by atoms with van der Waals surface area (Å²) in [6.45, 7) is 7.61. The maximum atomic E-state index is 12.0. The fourth-order valence-corrected chi connectivity index (χ4v) is 1.74. The number of carbonyl (C=O) groups excluding carboxylic acids is 1. The monoisotopic (exact) mass is 278 g/mol. The SMILES string of the molecule is Cc1ocnc1C(=O)N[C@H](C)c1nc(CC(C)C)no1. The zero-order valence-corrected chi connectivity index (χ0v) is 12.0. The average Bonchev–Trinajstić information content (AvgIpc) is 2.97. The van der Waals surface area contributed by atoms with Gasteiger partial charge in [0.2, 0.25) is 5.89 Å². The second kappa shape index (κ2) is 5.85. The molecular formula is C13H18N4O3. The van der Waals surface area contributed by atoms with Crippen LogP contribution in [-0.2, 0) is 6.42 Å². The van der Waals surface area contributed by atoms with E-state index in [4.69, 9.17) is 8.94 Å². The molecule has 7 heteroatoms. The standard InChI is InChI=1S/C13H18N4O3/c1-7(2)5-10-16-13(20-17-10)8(3)15-12(18)11-9(4)19-6-14-11/h6-8H,5H2,1-4H3,(H,15,18)/t8-/m1/s1. The second-order valence-electron chi connectivity index (χ2n) is 5.10. The van der Waals surface area contributed by atoms with Gasteiger partial charge in [0.25, 0.3) is 5.91 Å². The Kier molecular flexibility index (Phi) is 4.16. The zero-order valence-electron chi connectivity index (χ0n) is 12.0. The van der Waals surface area contributed by atoms with Crippen LogP contribution in [-0.4, -0.2) is 21.0 Å². The smallest absolute Gasteiger partial charge is 0.274 e. The number of aryl methyl sites for hydroxylation is 1. The molecule has 0 aliphatic carbocycles. The summed E-state index contributed by atoms with van der Waals surface area (Å²) in [5, 5.41) is 6.64. The van der Waals surface area contributed by atoms with E-state index >= 15 is 0 Å². The van der Waals surface area contributed by atoms with Gasteiger partial charge in [-0.2, -0.15) is 4.98 Å². The third-order valence-corrected chi connectivity index (χ3v) is 2.75. The molecule has 0 aliphatic heterocycles. The summed E-state index contributed by atoms with van der Waals surface area (Å²) in [4.78, 5) is 20.1. The fraction of sp³-hybridized carbons (Fsp3) is 0.538. The highest BCUT2D eigenvalue weighted by Gasteiger charge is 2.20. The Morgan fingerprint density at radius 3 is 2.75 bits per heavy atom. The first-order valence-electron chi connectivity index (χ1n) is 6.50. The third-order valence-electron chi connectivity index (χ3n) is 2.75. The summed E-state index contributed by atoms with van der Waals surface area (Å²) in [7, 11) is 0. The molecule has 0 aliphatic rings. The van der Waals surface area contributed by atoms with E-state index in [-0.39, 0.29) is 17.6 Å². The number of oxazole rings is 1. The molecule has 7 nitrogen and oxygen atoms in total. The highest BCUT2D eigenvalue weighted by Crippen LogP contribution is 2.13. The number of rotatable bonds is 5. The van der Waals surface area contributed by atoms with Gasteiger partial charge >= 0.3 is 0 Å². The molecule has 0 saturated heterocycles. The van der Waals surface area contributed by atoms with Crippen molar-refractivity contribution in [3.8, 4) is 0 Å². The molecule has 2 aromatic heterocycles. The lowest BCUT2D eigenvalue weighted by molar-refractivity contribution is 0.0926. The lowest BCUT2D eigenvalue weighted by Gasteiger charge is -2.08. The average molecular weight is 278 g/mol. The first-order valence-corrected chi connectivity index (χ1v) is 6.50. The molecule has 0 unspecified atom stereocenters. The number of hydrogen-bond acceptors (Lipinski definition) is 6. The van der Waals surface area contributed by atoms with Crippen LogP contribution in [0, 0.1) is 12.8 Å². The van der Waals surface area contributed by atoms with Crippen LogP contribution >= 0.6 is 0 Å². The molecule has 0 bridgehead atoms. The van der Waals surface area contributed by atoms with Crippen LogP contribution in [0.15, 0.2) is 15.3 Å². The minimum Gasteiger partial charge on any atom is -0.448 e. The van der Waals surface area contributed by atoms with Gasteiger partial charge in [0, 0.05) is 6.42 Å². The third kappa shape index (κ3) is 3.23.